The maximum atomic E-state index is 4.06. The van der Waals surface area contributed by atoms with Crippen LogP contribution in [0.1, 0.15) is 0 Å². The monoisotopic (exact) mass is 144 g/mol. The van der Waals surface area contributed by atoms with Gasteiger partial charge >= 0.3 is 0 Å². The van der Waals surface area contributed by atoms with Gasteiger partial charge < -0.3 is 0 Å². The predicted molar refractivity (Wildman–Crippen MR) is 38.4 cm³/mol. The van der Waals surface area contributed by atoms with E-state index in [4.69, 9.17) is 0 Å². The summed E-state index contributed by atoms with van der Waals surface area (Å²) >= 11 is 3.54. The smallest absolute Gasteiger partial charge is 0.152 e. The van der Waals surface area contributed by atoms with E-state index in [-0.39, 0.29) is 0 Å². The second-order valence-corrected chi connectivity index (χ2v) is 3.68. The third-order valence-corrected chi connectivity index (χ3v) is 3.04. The summed E-state index contributed by atoms with van der Waals surface area (Å²) in [5, 5.41) is 8.08. The van der Waals surface area contributed by atoms with Crippen LogP contribution in [0.2, 0.25) is 0 Å². The lowest BCUT2D eigenvalue weighted by atomic mass is 11.0. The first-order valence-electron chi connectivity index (χ1n) is 2.25. The summed E-state index contributed by atoms with van der Waals surface area (Å²) in [7, 11) is 0. The van der Waals surface area contributed by atoms with Crippen molar-refractivity contribution in [1.29, 1.82) is 0 Å². The van der Waals surface area contributed by atoms with Gasteiger partial charge in [0.05, 0.1) is 5.55 Å². The van der Waals surface area contributed by atoms with Crippen LogP contribution in [0.4, 0.5) is 0 Å². The molecule has 0 aromatic carbocycles. The van der Waals surface area contributed by atoms with Crippen molar-refractivity contribution in [2.24, 2.45) is 5.10 Å². The highest BCUT2D eigenvalue weighted by Gasteiger charge is 2.22. The molecule has 0 fully saturated rings. The molecule has 42 valence electrons. The number of nitrogens with zero attached hydrogens (tertiary/aromatic N) is 2. The van der Waals surface area contributed by atoms with Gasteiger partial charge in [-0.05, 0) is 5.41 Å². The molecule has 2 nitrogen and oxygen atoms in total. The maximum absolute atomic E-state index is 4.06. The van der Waals surface area contributed by atoms with Crippen molar-refractivity contribution in [2.45, 2.75) is 4.71 Å². The standard InChI is InChI=1S/C4H4N2S2/c1-2-7-4-6(1)5-3-8-4/h1-4H. The molecule has 8 heavy (non-hydrogen) atoms. The van der Waals surface area contributed by atoms with E-state index in [1.165, 1.54) is 0 Å². The maximum Gasteiger partial charge on any atom is 0.152 e. The van der Waals surface area contributed by atoms with E-state index < -0.39 is 0 Å². The van der Waals surface area contributed by atoms with Gasteiger partial charge in [-0.3, -0.25) is 0 Å². The molecule has 0 radical (unpaired) electrons. The fraction of sp³-hybridized carbons (Fsp3) is 0.250. The van der Waals surface area contributed by atoms with Crippen molar-refractivity contribution in [3.05, 3.63) is 11.6 Å². The second kappa shape index (κ2) is 1.70. The molecule has 0 aromatic heterocycles. The first kappa shape index (κ1) is 4.76. The summed E-state index contributed by atoms with van der Waals surface area (Å²) in [6, 6.07) is 0. The quantitative estimate of drug-likeness (QED) is 0.512. The summed E-state index contributed by atoms with van der Waals surface area (Å²) in [6.07, 6.45) is 1.99. The molecule has 2 aliphatic heterocycles. The van der Waals surface area contributed by atoms with Crippen molar-refractivity contribution in [3.63, 3.8) is 0 Å². The van der Waals surface area contributed by atoms with Crippen LogP contribution in [0.25, 0.3) is 0 Å². The molecule has 0 N–H and O–H groups in total. The molecular weight excluding hydrogens is 140 g/mol. The van der Waals surface area contributed by atoms with Gasteiger partial charge in [0.25, 0.3) is 0 Å². The lowest BCUT2D eigenvalue weighted by molar-refractivity contribution is 0.468. The number of fused-ring (bicyclic) bond motifs is 1. The molecule has 2 aliphatic rings. The Labute approximate surface area is 56.0 Å². The Kier molecular flexibility index (Phi) is 1.01. The molecule has 0 saturated heterocycles. The van der Waals surface area contributed by atoms with E-state index in [0.29, 0.717) is 4.71 Å². The highest BCUT2D eigenvalue weighted by Crippen LogP contribution is 2.36. The van der Waals surface area contributed by atoms with E-state index in [1.807, 2.05) is 16.8 Å². The van der Waals surface area contributed by atoms with E-state index in [2.05, 4.69) is 10.5 Å². The van der Waals surface area contributed by atoms with Gasteiger partial charge in [-0.1, -0.05) is 23.5 Å². The van der Waals surface area contributed by atoms with Crippen LogP contribution in [0, 0.1) is 0 Å². The van der Waals surface area contributed by atoms with Gasteiger partial charge in [-0.2, -0.15) is 5.10 Å². The molecule has 0 bridgehead atoms. The topological polar surface area (TPSA) is 15.6 Å². The number of thioether (sulfide) groups is 2. The van der Waals surface area contributed by atoms with Gasteiger partial charge in [0.15, 0.2) is 4.71 Å². The molecule has 0 amide bonds. The number of hydrazone groups is 1. The first-order chi connectivity index (χ1) is 3.97. The number of hydrogen-bond donors (Lipinski definition) is 0. The summed E-state index contributed by atoms with van der Waals surface area (Å²) in [5.74, 6) is 0. The fourth-order valence-corrected chi connectivity index (χ4v) is 2.31. The van der Waals surface area contributed by atoms with Crippen molar-refractivity contribution in [2.75, 3.05) is 0 Å². The first-order valence-corrected chi connectivity index (χ1v) is 4.14. The van der Waals surface area contributed by atoms with Gasteiger partial charge in [0.2, 0.25) is 0 Å². The van der Waals surface area contributed by atoms with Gasteiger partial charge in [-0.15, -0.1) is 0 Å². The summed E-state index contributed by atoms with van der Waals surface area (Å²) in [6.45, 7) is 0. The normalized spacial score (nSPS) is 32.0. The van der Waals surface area contributed by atoms with Crippen molar-refractivity contribution in [1.82, 2.24) is 5.01 Å². The van der Waals surface area contributed by atoms with Crippen LogP contribution < -0.4 is 0 Å². The van der Waals surface area contributed by atoms with Crippen molar-refractivity contribution >= 4 is 29.1 Å². The highest BCUT2D eigenvalue weighted by molar-refractivity contribution is 8.25. The molecule has 0 aromatic rings. The summed E-state index contributed by atoms with van der Waals surface area (Å²) in [4.78, 5) is 0. The Morgan fingerprint density at radius 3 is 3.38 bits per heavy atom. The lowest BCUT2D eigenvalue weighted by Gasteiger charge is -2.07. The minimum absolute atomic E-state index is 0.509. The van der Waals surface area contributed by atoms with Crippen molar-refractivity contribution in [3.8, 4) is 0 Å². The average molecular weight is 144 g/mol. The summed E-state index contributed by atoms with van der Waals surface area (Å²) in [5.41, 5.74) is 1.88. The Balaban J connectivity index is 2.22. The zero-order valence-electron chi connectivity index (χ0n) is 4.02. The number of hydrogen-bond acceptors (Lipinski definition) is 4. The molecule has 2 heterocycles. The molecule has 0 aliphatic carbocycles. The lowest BCUT2D eigenvalue weighted by Crippen LogP contribution is -2.08. The SMILES string of the molecule is C1=CN2N=CSC2S1. The Morgan fingerprint density at radius 1 is 1.50 bits per heavy atom. The largest absolute Gasteiger partial charge is 0.248 e. The van der Waals surface area contributed by atoms with Gasteiger partial charge in [0, 0.05) is 6.20 Å². The van der Waals surface area contributed by atoms with Gasteiger partial charge in [0.1, 0.15) is 0 Å². The van der Waals surface area contributed by atoms with Crippen LogP contribution in [0.15, 0.2) is 16.7 Å². The minimum atomic E-state index is 0.509. The minimum Gasteiger partial charge on any atom is -0.248 e. The van der Waals surface area contributed by atoms with E-state index in [0.717, 1.165) is 0 Å². The van der Waals surface area contributed by atoms with E-state index >= 15 is 0 Å². The molecule has 1 unspecified atom stereocenters. The van der Waals surface area contributed by atoms with Crippen LogP contribution in [-0.2, 0) is 0 Å². The second-order valence-electron chi connectivity index (χ2n) is 1.47. The van der Waals surface area contributed by atoms with Gasteiger partial charge in [-0.25, -0.2) is 5.01 Å². The predicted octanol–water partition coefficient (Wildman–Crippen LogP) is 1.48. The zero-order chi connectivity index (χ0) is 5.40. The number of rotatable bonds is 0. The van der Waals surface area contributed by atoms with Crippen molar-refractivity contribution < 1.29 is 0 Å². The molecule has 0 saturated carbocycles. The van der Waals surface area contributed by atoms with Crippen LogP contribution >= 0.6 is 23.5 Å². The third kappa shape index (κ3) is 0.563. The average Bonchev–Trinajstić information content (AvgIpc) is 2.15. The fourth-order valence-electron chi connectivity index (χ4n) is 0.618. The van der Waals surface area contributed by atoms with Crippen LogP contribution in [0.3, 0.4) is 0 Å². The van der Waals surface area contributed by atoms with E-state index in [1.54, 1.807) is 23.5 Å². The van der Waals surface area contributed by atoms with Crippen LogP contribution in [0.5, 0.6) is 0 Å². The molecule has 1 atom stereocenters. The Bertz CT molecular complexity index is 138. The van der Waals surface area contributed by atoms with Crippen LogP contribution in [-0.4, -0.2) is 15.3 Å². The zero-order valence-corrected chi connectivity index (χ0v) is 5.65. The summed E-state index contributed by atoms with van der Waals surface area (Å²) < 4.78 is 0.509. The molecule has 2 rings (SSSR count). The van der Waals surface area contributed by atoms with E-state index in [9.17, 15) is 0 Å². The molecule has 4 heteroatoms. The third-order valence-electron chi connectivity index (χ3n) is 0.982. The molecular formula is C4H4N2S2. The molecule has 0 spiro atoms. The highest BCUT2D eigenvalue weighted by atomic mass is 32.2. The Morgan fingerprint density at radius 2 is 2.50 bits per heavy atom. The Hall–Kier alpha value is -0.0900.